The van der Waals surface area contributed by atoms with Crippen molar-refractivity contribution in [2.45, 2.75) is 38.0 Å². The second-order valence-electron chi connectivity index (χ2n) is 5.86. The monoisotopic (exact) mass is 270 g/mol. The van der Waals surface area contributed by atoms with Crippen molar-refractivity contribution in [3.05, 3.63) is 59.9 Å². The molecule has 2 N–H and O–H groups in total. The normalized spacial score (nSPS) is 16.9. The summed E-state index contributed by atoms with van der Waals surface area (Å²) < 4.78 is 2.20. The largest absolute Gasteiger partial charge is 0.389 e. The van der Waals surface area contributed by atoms with Crippen LogP contribution in [-0.4, -0.2) is 21.8 Å². The molecule has 0 aliphatic heterocycles. The van der Waals surface area contributed by atoms with Crippen LogP contribution in [-0.2, 0) is 13.1 Å². The summed E-state index contributed by atoms with van der Waals surface area (Å²) >= 11 is 0. The molecule has 20 heavy (non-hydrogen) atoms. The van der Waals surface area contributed by atoms with Gasteiger partial charge in [0.2, 0.25) is 0 Å². The summed E-state index contributed by atoms with van der Waals surface area (Å²) in [4.78, 5) is 0. The minimum absolute atomic E-state index is 0.438. The quantitative estimate of drug-likeness (QED) is 0.846. The minimum atomic E-state index is -0.438. The van der Waals surface area contributed by atoms with Crippen molar-refractivity contribution >= 4 is 0 Å². The van der Waals surface area contributed by atoms with Gasteiger partial charge in [0.25, 0.3) is 0 Å². The predicted octanol–water partition coefficient (Wildman–Crippen LogP) is 2.54. The Kier molecular flexibility index (Phi) is 3.90. The van der Waals surface area contributed by atoms with Crippen molar-refractivity contribution in [3.63, 3.8) is 0 Å². The highest BCUT2D eigenvalue weighted by atomic mass is 16.3. The van der Waals surface area contributed by atoms with Crippen molar-refractivity contribution in [2.24, 2.45) is 0 Å². The van der Waals surface area contributed by atoms with Gasteiger partial charge in [0.15, 0.2) is 0 Å². The zero-order valence-corrected chi connectivity index (χ0v) is 11.8. The van der Waals surface area contributed by atoms with Crippen molar-refractivity contribution < 1.29 is 5.11 Å². The average molecular weight is 270 g/mol. The lowest BCUT2D eigenvalue weighted by Crippen LogP contribution is -2.45. The number of rotatable bonds is 6. The van der Waals surface area contributed by atoms with E-state index in [-0.39, 0.29) is 0 Å². The number of aromatic nitrogens is 1. The molecular formula is C17H22N2O. The first-order valence-corrected chi connectivity index (χ1v) is 7.35. The Morgan fingerprint density at radius 2 is 1.90 bits per heavy atom. The van der Waals surface area contributed by atoms with Crippen LogP contribution in [0.15, 0.2) is 48.8 Å². The van der Waals surface area contributed by atoms with Gasteiger partial charge in [0.1, 0.15) is 0 Å². The van der Waals surface area contributed by atoms with Crippen LogP contribution in [0.4, 0.5) is 0 Å². The Morgan fingerprint density at radius 3 is 2.60 bits per heavy atom. The molecule has 106 valence electrons. The molecule has 0 radical (unpaired) electrons. The lowest BCUT2D eigenvalue weighted by Gasteiger charge is -2.36. The van der Waals surface area contributed by atoms with Crippen LogP contribution in [0.3, 0.4) is 0 Å². The van der Waals surface area contributed by atoms with Crippen LogP contribution in [0.1, 0.15) is 30.4 Å². The van der Waals surface area contributed by atoms with E-state index in [9.17, 15) is 5.11 Å². The van der Waals surface area contributed by atoms with E-state index in [0.29, 0.717) is 6.54 Å². The second-order valence-corrected chi connectivity index (χ2v) is 5.86. The van der Waals surface area contributed by atoms with Crippen LogP contribution in [0.25, 0.3) is 0 Å². The Hall–Kier alpha value is -1.58. The molecule has 0 spiro atoms. The van der Waals surface area contributed by atoms with Crippen LogP contribution < -0.4 is 5.32 Å². The van der Waals surface area contributed by atoms with E-state index in [4.69, 9.17) is 0 Å². The number of aliphatic hydroxyl groups is 1. The highest BCUT2D eigenvalue weighted by Crippen LogP contribution is 2.30. The maximum absolute atomic E-state index is 10.0. The van der Waals surface area contributed by atoms with Gasteiger partial charge < -0.3 is 15.0 Å². The first kappa shape index (κ1) is 13.4. The van der Waals surface area contributed by atoms with E-state index in [2.05, 4.69) is 52.6 Å². The minimum Gasteiger partial charge on any atom is -0.389 e. The van der Waals surface area contributed by atoms with Crippen molar-refractivity contribution in [1.29, 1.82) is 0 Å². The van der Waals surface area contributed by atoms with Gasteiger partial charge in [-0.2, -0.15) is 0 Å². The Labute approximate surface area is 120 Å². The molecule has 1 heterocycles. The Bertz CT molecular complexity index is 543. The SMILES string of the molecule is OC1(CNCc2ccn(Cc3ccccc3)c2)CCC1. The fraction of sp³-hybridized carbons (Fsp3) is 0.412. The Balaban J connectivity index is 1.49. The fourth-order valence-electron chi connectivity index (χ4n) is 2.69. The molecule has 1 fully saturated rings. The summed E-state index contributed by atoms with van der Waals surface area (Å²) in [5, 5.41) is 13.4. The van der Waals surface area contributed by atoms with E-state index in [1.807, 2.05) is 6.07 Å². The fourth-order valence-corrected chi connectivity index (χ4v) is 2.69. The van der Waals surface area contributed by atoms with Crippen molar-refractivity contribution in [1.82, 2.24) is 9.88 Å². The topological polar surface area (TPSA) is 37.2 Å². The third-order valence-electron chi connectivity index (χ3n) is 4.09. The first-order chi connectivity index (χ1) is 9.73. The zero-order chi connectivity index (χ0) is 13.8. The highest BCUT2D eigenvalue weighted by Gasteiger charge is 2.33. The van der Waals surface area contributed by atoms with E-state index < -0.39 is 5.60 Å². The van der Waals surface area contributed by atoms with Gasteiger partial charge in [-0.15, -0.1) is 0 Å². The van der Waals surface area contributed by atoms with E-state index in [0.717, 1.165) is 32.4 Å². The van der Waals surface area contributed by atoms with E-state index in [1.165, 1.54) is 11.1 Å². The summed E-state index contributed by atoms with van der Waals surface area (Å²) in [5.74, 6) is 0. The van der Waals surface area contributed by atoms with E-state index in [1.54, 1.807) is 0 Å². The Morgan fingerprint density at radius 1 is 1.10 bits per heavy atom. The summed E-state index contributed by atoms with van der Waals surface area (Å²) in [7, 11) is 0. The third kappa shape index (κ3) is 3.30. The molecule has 1 aliphatic rings. The predicted molar refractivity (Wildman–Crippen MR) is 80.5 cm³/mol. The number of nitrogens with one attached hydrogen (secondary N) is 1. The first-order valence-electron chi connectivity index (χ1n) is 7.35. The number of hydrogen-bond acceptors (Lipinski definition) is 2. The molecule has 0 atom stereocenters. The van der Waals surface area contributed by atoms with Gasteiger partial charge in [-0.3, -0.25) is 0 Å². The number of benzene rings is 1. The van der Waals surface area contributed by atoms with Gasteiger partial charge in [0.05, 0.1) is 5.60 Å². The molecule has 3 rings (SSSR count). The maximum atomic E-state index is 10.0. The molecule has 3 nitrogen and oxygen atoms in total. The number of nitrogens with zero attached hydrogens (tertiary/aromatic N) is 1. The van der Waals surface area contributed by atoms with Gasteiger partial charge in [-0.1, -0.05) is 30.3 Å². The standard InChI is InChI=1S/C17H22N2O/c20-17(8-4-9-17)14-18-11-16-7-10-19(13-16)12-15-5-2-1-3-6-15/h1-3,5-7,10,13,18,20H,4,8-9,11-12,14H2. The molecule has 3 heteroatoms. The molecule has 2 aromatic rings. The van der Waals surface area contributed by atoms with Crippen molar-refractivity contribution in [3.8, 4) is 0 Å². The lowest BCUT2D eigenvalue weighted by atomic mass is 9.80. The molecular weight excluding hydrogens is 248 g/mol. The summed E-state index contributed by atoms with van der Waals surface area (Å²) in [6.07, 6.45) is 7.32. The van der Waals surface area contributed by atoms with Crippen LogP contribution in [0.2, 0.25) is 0 Å². The summed E-state index contributed by atoms with van der Waals surface area (Å²) in [5.41, 5.74) is 2.14. The van der Waals surface area contributed by atoms with Gasteiger partial charge in [-0.25, -0.2) is 0 Å². The van der Waals surface area contributed by atoms with Crippen LogP contribution in [0.5, 0.6) is 0 Å². The van der Waals surface area contributed by atoms with Gasteiger partial charge in [-0.05, 0) is 36.5 Å². The molecule has 0 bridgehead atoms. The van der Waals surface area contributed by atoms with Crippen LogP contribution in [0, 0.1) is 0 Å². The van der Waals surface area contributed by atoms with Crippen molar-refractivity contribution in [2.75, 3.05) is 6.54 Å². The van der Waals surface area contributed by atoms with Gasteiger partial charge in [0, 0.05) is 32.0 Å². The average Bonchev–Trinajstić information content (AvgIpc) is 2.85. The van der Waals surface area contributed by atoms with E-state index >= 15 is 0 Å². The molecule has 1 aromatic heterocycles. The molecule has 0 unspecified atom stereocenters. The molecule has 1 aromatic carbocycles. The molecule has 1 saturated carbocycles. The van der Waals surface area contributed by atoms with Crippen LogP contribution >= 0.6 is 0 Å². The second kappa shape index (κ2) is 5.81. The van der Waals surface area contributed by atoms with Gasteiger partial charge >= 0.3 is 0 Å². The molecule has 1 aliphatic carbocycles. The highest BCUT2D eigenvalue weighted by molar-refractivity contribution is 5.17. The zero-order valence-electron chi connectivity index (χ0n) is 11.8. The molecule has 0 saturated heterocycles. The smallest absolute Gasteiger partial charge is 0.0771 e. The molecule has 0 amide bonds. The summed E-state index contributed by atoms with van der Waals surface area (Å²) in [6, 6.07) is 12.6. The summed E-state index contributed by atoms with van der Waals surface area (Å²) in [6.45, 7) is 2.44. The lowest BCUT2D eigenvalue weighted by molar-refractivity contribution is -0.0314. The third-order valence-corrected chi connectivity index (χ3v) is 4.09. The number of hydrogen-bond donors (Lipinski definition) is 2. The maximum Gasteiger partial charge on any atom is 0.0771 e.